The predicted octanol–water partition coefficient (Wildman–Crippen LogP) is 5.01. The molecule has 1 aromatic heterocycles. The highest BCUT2D eigenvalue weighted by Crippen LogP contribution is 2.29. The van der Waals surface area contributed by atoms with Crippen molar-refractivity contribution in [2.75, 3.05) is 0 Å². The van der Waals surface area contributed by atoms with Crippen molar-refractivity contribution in [3.63, 3.8) is 0 Å². The quantitative estimate of drug-likeness (QED) is 0.722. The van der Waals surface area contributed by atoms with E-state index in [0.717, 1.165) is 4.90 Å². The van der Waals surface area contributed by atoms with E-state index >= 15 is 0 Å². The first kappa shape index (κ1) is 12.5. The molecular weight excluding hydrogens is 250 g/mol. The molecule has 2 aromatic rings. The van der Waals surface area contributed by atoms with Crippen LogP contribution in [-0.2, 0) is 0 Å². The molecule has 0 fully saturated rings. The van der Waals surface area contributed by atoms with Crippen molar-refractivity contribution in [2.24, 2.45) is 0 Å². The lowest BCUT2D eigenvalue weighted by Crippen LogP contribution is -1.85. The summed E-state index contributed by atoms with van der Waals surface area (Å²) >= 11 is 7.55. The zero-order valence-corrected chi connectivity index (χ0v) is 11.4. The van der Waals surface area contributed by atoms with Crippen molar-refractivity contribution in [3.8, 4) is 0 Å². The van der Waals surface area contributed by atoms with E-state index in [2.05, 4.69) is 43.1 Å². The highest BCUT2D eigenvalue weighted by Gasteiger charge is 2.01. The molecule has 88 valence electrons. The van der Waals surface area contributed by atoms with Crippen molar-refractivity contribution < 1.29 is 0 Å². The Hall–Kier alpha value is -0.990. The van der Waals surface area contributed by atoms with Gasteiger partial charge in [0.25, 0.3) is 0 Å². The summed E-state index contributed by atoms with van der Waals surface area (Å²) in [5, 5.41) is 0.536. The summed E-state index contributed by atoms with van der Waals surface area (Å²) < 4.78 is 0. The van der Waals surface area contributed by atoms with Gasteiger partial charge in [-0.1, -0.05) is 49.3 Å². The molecule has 0 aliphatic rings. The fourth-order valence-electron chi connectivity index (χ4n) is 1.51. The molecule has 1 aromatic carbocycles. The lowest BCUT2D eigenvalue weighted by molar-refractivity contribution is 0.865. The summed E-state index contributed by atoms with van der Waals surface area (Å²) in [7, 11) is 0. The van der Waals surface area contributed by atoms with E-state index in [-0.39, 0.29) is 0 Å². The van der Waals surface area contributed by atoms with Crippen molar-refractivity contribution >= 4 is 23.4 Å². The molecule has 0 atom stereocenters. The molecule has 0 saturated carbocycles. The number of pyridine rings is 1. The number of hydrogen-bond acceptors (Lipinski definition) is 2. The van der Waals surface area contributed by atoms with Gasteiger partial charge in [0.15, 0.2) is 0 Å². The molecule has 0 saturated heterocycles. The van der Waals surface area contributed by atoms with E-state index in [4.69, 9.17) is 11.6 Å². The van der Waals surface area contributed by atoms with E-state index in [0.29, 0.717) is 11.1 Å². The van der Waals surface area contributed by atoms with Crippen molar-refractivity contribution in [1.82, 2.24) is 4.98 Å². The number of aromatic nitrogens is 1. The lowest BCUT2D eigenvalue weighted by atomic mass is 10.0. The van der Waals surface area contributed by atoms with Crippen molar-refractivity contribution in [1.29, 1.82) is 0 Å². The molecule has 1 heterocycles. The fourth-order valence-corrected chi connectivity index (χ4v) is 2.59. The Labute approximate surface area is 111 Å². The van der Waals surface area contributed by atoms with Crippen LogP contribution >= 0.6 is 23.4 Å². The number of benzene rings is 1. The molecule has 0 amide bonds. The summed E-state index contributed by atoms with van der Waals surface area (Å²) in [5.41, 5.74) is 1.36. The lowest BCUT2D eigenvalue weighted by Gasteiger charge is -2.06. The van der Waals surface area contributed by atoms with Gasteiger partial charge in [0.05, 0.1) is 0 Å². The van der Waals surface area contributed by atoms with Gasteiger partial charge in [-0.15, -0.1) is 0 Å². The molecule has 0 unspecified atom stereocenters. The third kappa shape index (κ3) is 3.48. The Morgan fingerprint density at radius 2 is 1.76 bits per heavy atom. The van der Waals surface area contributed by atoms with E-state index < -0.39 is 0 Å². The van der Waals surface area contributed by atoms with Crippen LogP contribution in [0.25, 0.3) is 0 Å². The first-order valence-electron chi connectivity index (χ1n) is 5.54. The van der Waals surface area contributed by atoms with E-state index in [1.54, 1.807) is 18.0 Å². The number of nitrogens with zero attached hydrogens (tertiary/aromatic N) is 1. The van der Waals surface area contributed by atoms with Gasteiger partial charge in [-0.2, -0.15) is 0 Å². The summed E-state index contributed by atoms with van der Waals surface area (Å²) in [6.07, 6.45) is 1.73. The maximum absolute atomic E-state index is 5.85. The zero-order chi connectivity index (χ0) is 12.3. The molecule has 0 radical (unpaired) electrons. The van der Waals surface area contributed by atoms with Crippen LogP contribution in [0.2, 0.25) is 5.15 Å². The Morgan fingerprint density at radius 3 is 2.35 bits per heavy atom. The van der Waals surface area contributed by atoms with E-state index in [9.17, 15) is 0 Å². The minimum absolute atomic E-state index is 0.536. The van der Waals surface area contributed by atoms with Crippen LogP contribution < -0.4 is 0 Å². The normalized spacial score (nSPS) is 10.8. The Bertz CT molecular complexity index is 494. The van der Waals surface area contributed by atoms with Gasteiger partial charge in [-0.3, -0.25) is 0 Å². The molecular formula is C14H14ClNS. The maximum atomic E-state index is 5.85. The van der Waals surface area contributed by atoms with Crippen LogP contribution in [0.5, 0.6) is 0 Å². The standard InChI is InChI=1S/C14H14ClNS/c1-10(2)11-3-5-12(6-4-11)17-13-7-8-16-14(15)9-13/h3-10H,1-2H3. The summed E-state index contributed by atoms with van der Waals surface area (Å²) in [6, 6.07) is 12.5. The SMILES string of the molecule is CC(C)c1ccc(Sc2ccnc(Cl)c2)cc1. The Kier molecular flexibility index (Phi) is 4.08. The summed E-state index contributed by atoms with van der Waals surface area (Å²) in [5.74, 6) is 0.574. The first-order valence-corrected chi connectivity index (χ1v) is 6.74. The van der Waals surface area contributed by atoms with Crippen LogP contribution in [0, 0.1) is 0 Å². The van der Waals surface area contributed by atoms with Gasteiger partial charge in [0.2, 0.25) is 0 Å². The highest BCUT2D eigenvalue weighted by atomic mass is 35.5. The monoisotopic (exact) mass is 263 g/mol. The van der Waals surface area contributed by atoms with Gasteiger partial charge in [0, 0.05) is 16.0 Å². The van der Waals surface area contributed by atoms with Gasteiger partial charge in [0.1, 0.15) is 5.15 Å². The minimum atomic E-state index is 0.536. The summed E-state index contributed by atoms with van der Waals surface area (Å²) in [6.45, 7) is 4.40. The van der Waals surface area contributed by atoms with Gasteiger partial charge >= 0.3 is 0 Å². The topological polar surface area (TPSA) is 12.9 Å². The molecule has 0 spiro atoms. The van der Waals surface area contributed by atoms with Crippen LogP contribution in [0.1, 0.15) is 25.3 Å². The molecule has 3 heteroatoms. The number of hydrogen-bond donors (Lipinski definition) is 0. The molecule has 0 aliphatic carbocycles. The van der Waals surface area contributed by atoms with Crippen LogP contribution in [0.3, 0.4) is 0 Å². The molecule has 0 N–H and O–H groups in total. The van der Waals surface area contributed by atoms with Gasteiger partial charge in [-0.05, 0) is 35.7 Å². The average molecular weight is 264 g/mol. The average Bonchev–Trinajstić information content (AvgIpc) is 2.29. The van der Waals surface area contributed by atoms with E-state index in [1.165, 1.54) is 10.5 Å². The molecule has 2 rings (SSSR count). The molecule has 1 nitrogen and oxygen atoms in total. The van der Waals surface area contributed by atoms with Gasteiger partial charge < -0.3 is 0 Å². The second-order valence-corrected chi connectivity index (χ2v) is 5.67. The number of rotatable bonds is 3. The fraction of sp³-hybridized carbons (Fsp3) is 0.214. The van der Waals surface area contributed by atoms with Crippen molar-refractivity contribution in [3.05, 3.63) is 53.3 Å². The minimum Gasteiger partial charge on any atom is -0.244 e. The van der Waals surface area contributed by atoms with E-state index in [1.807, 2.05) is 12.1 Å². The second-order valence-electron chi connectivity index (χ2n) is 4.14. The van der Waals surface area contributed by atoms with Crippen LogP contribution in [0.4, 0.5) is 0 Å². The largest absolute Gasteiger partial charge is 0.244 e. The third-order valence-electron chi connectivity index (χ3n) is 2.48. The zero-order valence-electron chi connectivity index (χ0n) is 9.85. The Morgan fingerprint density at radius 1 is 1.06 bits per heavy atom. The second kappa shape index (κ2) is 5.56. The van der Waals surface area contributed by atoms with Crippen molar-refractivity contribution in [2.45, 2.75) is 29.6 Å². The van der Waals surface area contributed by atoms with Crippen LogP contribution in [0.15, 0.2) is 52.4 Å². The smallest absolute Gasteiger partial charge is 0.130 e. The van der Waals surface area contributed by atoms with Gasteiger partial charge in [-0.25, -0.2) is 4.98 Å². The number of halogens is 1. The van der Waals surface area contributed by atoms with Crippen LogP contribution in [-0.4, -0.2) is 4.98 Å². The predicted molar refractivity (Wildman–Crippen MR) is 73.9 cm³/mol. The maximum Gasteiger partial charge on any atom is 0.130 e. The first-order chi connectivity index (χ1) is 8.15. The molecule has 0 aliphatic heterocycles. The highest BCUT2D eigenvalue weighted by molar-refractivity contribution is 7.99. The molecule has 0 bridgehead atoms. The summed E-state index contributed by atoms with van der Waals surface area (Å²) in [4.78, 5) is 6.30. The molecule has 17 heavy (non-hydrogen) atoms. The third-order valence-corrected chi connectivity index (χ3v) is 3.68. The Balaban J connectivity index is 2.14.